The van der Waals surface area contributed by atoms with Gasteiger partial charge in [-0.25, -0.2) is 15.0 Å². The minimum Gasteiger partial charge on any atom is -0.480 e. The smallest absolute Gasteiger partial charge is 0.416 e. The third-order valence-electron chi connectivity index (χ3n) is 4.14. The summed E-state index contributed by atoms with van der Waals surface area (Å²) in [6.45, 7) is 1.31. The van der Waals surface area contributed by atoms with E-state index in [9.17, 15) is 22.8 Å². The lowest BCUT2D eigenvalue weighted by Gasteiger charge is -2.12. The number of aryl methyl sites for hydroxylation is 1. The lowest BCUT2D eigenvalue weighted by Crippen LogP contribution is -2.24. The Hall–Kier alpha value is -3.25. The first-order chi connectivity index (χ1) is 15.1. The van der Waals surface area contributed by atoms with Crippen molar-refractivity contribution in [1.82, 2.24) is 20.3 Å². The van der Waals surface area contributed by atoms with Crippen LogP contribution >= 0.6 is 22.9 Å². The van der Waals surface area contributed by atoms with Crippen molar-refractivity contribution < 1.29 is 27.5 Å². The summed E-state index contributed by atoms with van der Waals surface area (Å²) in [5, 5.41) is 5.32. The van der Waals surface area contributed by atoms with E-state index in [-0.39, 0.29) is 39.3 Å². The second kappa shape index (κ2) is 9.49. The Bertz CT molecular complexity index is 1170. The van der Waals surface area contributed by atoms with Crippen molar-refractivity contribution in [3.05, 3.63) is 62.5 Å². The minimum atomic E-state index is -4.53. The van der Waals surface area contributed by atoms with Crippen LogP contribution in [-0.2, 0) is 12.7 Å². The third-order valence-corrected chi connectivity index (χ3v) is 5.48. The highest BCUT2D eigenvalue weighted by Gasteiger charge is 2.32. The van der Waals surface area contributed by atoms with Crippen molar-refractivity contribution in [2.45, 2.75) is 19.6 Å². The Balaban J connectivity index is 1.65. The van der Waals surface area contributed by atoms with Crippen LogP contribution in [0.25, 0.3) is 0 Å². The van der Waals surface area contributed by atoms with E-state index < -0.39 is 23.6 Å². The molecule has 8 nitrogen and oxygen atoms in total. The van der Waals surface area contributed by atoms with Gasteiger partial charge in [-0.2, -0.15) is 13.2 Å². The molecule has 2 heterocycles. The van der Waals surface area contributed by atoms with Gasteiger partial charge in [0, 0.05) is 5.69 Å². The molecule has 0 saturated heterocycles. The van der Waals surface area contributed by atoms with Gasteiger partial charge in [-0.15, -0.1) is 11.3 Å². The molecule has 0 spiro atoms. The number of benzene rings is 1. The van der Waals surface area contributed by atoms with Gasteiger partial charge in [-0.05, 0) is 24.6 Å². The van der Waals surface area contributed by atoms with Crippen LogP contribution in [-0.4, -0.2) is 33.9 Å². The van der Waals surface area contributed by atoms with E-state index in [1.807, 2.05) is 0 Å². The van der Waals surface area contributed by atoms with Crippen LogP contribution in [0.4, 0.5) is 18.9 Å². The maximum atomic E-state index is 13.1. The number of aromatic nitrogens is 3. The number of amides is 2. The molecule has 3 aromatic rings. The highest BCUT2D eigenvalue weighted by molar-refractivity contribution is 7.13. The molecule has 0 unspecified atom stereocenters. The first kappa shape index (κ1) is 23.4. The molecule has 13 heteroatoms. The van der Waals surface area contributed by atoms with E-state index in [0.717, 1.165) is 23.7 Å². The first-order valence-electron chi connectivity index (χ1n) is 8.86. The molecule has 0 aliphatic heterocycles. The summed E-state index contributed by atoms with van der Waals surface area (Å²) in [6.07, 6.45) is -2.14. The van der Waals surface area contributed by atoms with Gasteiger partial charge in [0.2, 0.25) is 5.88 Å². The quantitative estimate of drug-likeness (QED) is 0.544. The van der Waals surface area contributed by atoms with Gasteiger partial charge in [-0.1, -0.05) is 17.7 Å². The Labute approximate surface area is 188 Å². The summed E-state index contributed by atoms with van der Waals surface area (Å²) in [6, 6.07) is 3.53. The fourth-order valence-corrected chi connectivity index (χ4v) is 3.60. The van der Waals surface area contributed by atoms with Crippen molar-refractivity contribution in [1.29, 1.82) is 0 Å². The third kappa shape index (κ3) is 5.32. The number of methoxy groups -OCH3 is 1. The molecule has 0 fully saturated rings. The molecule has 0 atom stereocenters. The van der Waals surface area contributed by atoms with Crippen molar-refractivity contribution in [3.8, 4) is 5.88 Å². The van der Waals surface area contributed by atoms with Crippen LogP contribution in [0, 0.1) is 6.92 Å². The molecular weight excluding hydrogens is 471 g/mol. The van der Waals surface area contributed by atoms with Gasteiger partial charge in [0.15, 0.2) is 5.69 Å². The zero-order chi connectivity index (χ0) is 23.5. The zero-order valence-electron chi connectivity index (χ0n) is 16.6. The molecule has 0 aliphatic rings. The lowest BCUT2D eigenvalue weighted by molar-refractivity contribution is -0.138. The molecule has 0 bridgehead atoms. The number of ether oxygens (including phenoxy) is 1. The van der Waals surface area contributed by atoms with Crippen molar-refractivity contribution in [3.63, 3.8) is 0 Å². The van der Waals surface area contributed by atoms with Gasteiger partial charge in [0.25, 0.3) is 11.8 Å². The van der Waals surface area contributed by atoms with Gasteiger partial charge >= 0.3 is 6.18 Å². The second-order valence-corrected chi connectivity index (χ2v) is 7.82. The number of nitrogens with zero attached hydrogens (tertiary/aromatic N) is 3. The number of anilines is 1. The normalized spacial score (nSPS) is 11.2. The van der Waals surface area contributed by atoms with Crippen molar-refractivity contribution in [2.75, 3.05) is 12.4 Å². The highest BCUT2D eigenvalue weighted by atomic mass is 35.5. The van der Waals surface area contributed by atoms with Gasteiger partial charge in [-0.3, -0.25) is 9.59 Å². The van der Waals surface area contributed by atoms with Gasteiger partial charge in [0.1, 0.15) is 21.2 Å². The molecule has 3 rings (SSSR count). The predicted octanol–water partition coefficient (Wildman–Crippen LogP) is 4.10. The molecule has 2 N–H and O–H groups in total. The molecule has 0 saturated carbocycles. The van der Waals surface area contributed by atoms with Crippen LogP contribution < -0.4 is 15.4 Å². The number of hydrogen-bond donors (Lipinski definition) is 2. The maximum absolute atomic E-state index is 13.1. The number of halogens is 4. The topological polar surface area (TPSA) is 106 Å². The van der Waals surface area contributed by atoms with E-state index in [1.54, 1.807) is 0 Å². The van der Waals surface area contributed by atoms with Crippen LogP contribution in [0.15, 0.2) is 30.7 Å². The maximum Gasteiger partial charge on any atom is 0.416 e. The van der Waals surface area contributed by atoms with E-state index in [0.29, 0.717) is 5.01 Å². The average Bonchev–Trinajstić information content (AvgIpc) is 3.22. The Morgan fingerprint density at radius 1 is 1.19 bits per heavy atom. The number of carbonyl (C=O) groups is 2. The Morgan fingerprint density at radius 2 is 1.94 bits per heavy atom. The summed E-state index contributed by atoms with van der Waals surface area (Å²) in [7, 11) is 1.35. The van der Waals surface area contributed by atoms with Crippen LogP contribution in [0.1, 0.15) is 36.3 Å². The SMILES string of the molecule is COc1ncnc(C(=O)NCc2ncc(C(=O)Nc3ccc(C)c(C(F)(F)F)c3)s2)c1Cl. The molecule has 2 amide bonds. The standard InChI is InChI=1S/C19H15ClF3N5O3S/c1-9-3-4-10(5-11(9)19(21,22)23)28-16(29)12-6-24-13(32-12)7-25-17(30)15-14(20)18(31-2)27-8-26-15/h3-6,8H,7H2,1-2H3,(H,25,30)(H,28,29). The van der Waals surface area contributed by atoms with E-state index in [1.165, 1.54) is 32.4 Å². The summed E-state index contributed by atoms with van der Waals surface area (Å²) in [5.74, 6) is -1.18. The second-order valence-electron chi connectivity index (χ2n) is 6.33. The van der Waals surface area contributed by atoms with E-state index in [2.05, 4.69) is 25.6 Å². The van der Waals surface area contributed by atoms with Gasteiger partial charge < -0.3 is 15.4 Å². The first-order valence-corrected chi connectivity index (χ1v) is 10.1. The summed E-state index contributed by atoms with van der Waals surface area (Å²) in [4.78, 5) is 36.5. The lowest BCUT2D eigenvalue weighted by atomic mass is 10.1. The van der Waals surface area contributed by atoms with Crippen molar-refractivity contribution >= 4 is 40.4 Å². The molecule has 0 aliphatic carbocycles. The molecular formula is C19H15ClF3N5O3S. The fourth-order valence-electron chi connectivity index (χ4n) is 2.59. The summed E-state index contributed by atoms with van der Waals surface area (Å²) < 4.78 is 44.1. The largest absolute Gasteiger partial charge is 0.480 e. The van der Waals surface area contributed by atoms with Crippen molar-refractivity contribution in [2.24, 2.45) is 0 Å². The zero-order valence-corrected chi connectivity index (χ0v) is 18.2. The predicted molar refractivity (Wildman–Crippen MR) is 111 cm³/mol. The number of alkyl halides is 3. The summed E-state index contributed by atoms with van der Waals surface area (Å²) in [5.41, 5.74) is -0.868. The van der Waals surface area contributed by atoms with Crippen LogP contribution in [0.5, 0.6) is 5.88 Å². The average molecular weight is 486 g/mol. The number of thiazole rings is 1. The minimum absolute atomic E-state index is 0.00327. The molecule has 2 aromatic heterocycles. The number of hydrogen-bond acceptors (Lipinski definition) is 7. The molecule has 1 aromatic carbocycles. The Morgan fingerprint density at radius 3 is 2.62 bits per heavy atom. The monoisotopic (exact) mass is 485 g/mol. The number of rotatable bonds is 6. The summed E-state index contributed by atoms with van der Waals surface area (Å²) >= 11 is 6.98. The molecule has 168 valence electrons. The van der Waals surface area contributed by atoms with E-state index in [4.69, 9.17) is 16.3 Å². The number of carbonyl (C=O) groups excluding carboxylic acids is 2. The van der Waals surface area contributed by atoms with Crippen LogP contribution in [0.2, 0.25) is 5.02 Å². The Kier molecular flexibility index (Phi) is 6.94. The van der Waals surface area contributed by atoms with E-state index >= 15 is 0 Å². The fraction of sp³-hybridized carbons (Fsp3) is 0.211. The molecule has 0 radical (unpaired) electrons. The van der Waals surface area contributed by atoms with Gasteiger partial charge in [0.05, 0.1) is 25.4 Å². The molecule has 32 heavy (non-hydrogen) atoms. The van der Waals surface area contributed by atoms with Crippen LogP contribution in [0.3, 0.4) is 0 Å². The number of nitrogens with one attached hydrogen (secondary N) is 2. The highest BCUT2D eigenvalue weighted by Crippen LogP contribution is 2.33.